The summed E-state index contributed by atoms with van der Waals surface area (Å²) in [5.74, 6) is -0.244. The summed E-state index contributed by atoms with van der Waals surface area (Å²) in [6.07, 6.45) is 3.43. The smallest absolute Gasteiger partial charge is 0.349 e. The van der Waals surface area contributed by atoms with Gasteiger partial charge in [-0.25, -0.2) is 9.78 Å². The maximum Gasteiger partial charge on any atom is 0.349 e. The summed E-state index contributed by atoms with van der Waals surface area (Å²) in [4.78, 5) is 18.5. The normalized spacial score (nSPS) is 15.3. The number of hydrogen-bond donors (Lipinski definition) is 1. The molecule has 1 fully saturated rings. The van der Waals surface area contributed by atoms with E-state index in [1.165, 1.54) is 17.8 Å². The Morgan fingerprint density at radius 2 is 1.85 bits per heavy atom. The van der Waals surface area contributed by atoms with Crippen molar-refractivity contribution >= 4 is 23.1 Å². The van der Waals surface area contributed by atoms with Gasteiger partial charge in [0.25, 0.3) is 0 Å². The predicted octanol–water partition coefficient (Wildman–Crippen LogP) is 3.50. The molecule has 104 valence electrons. The Hall–Kier alpha value is -1.88. The fraction of sp³-hybridized carbons (Fsp3) is 0.333. The van der Waals surface area contributed by atoms with Crippen LogP contribution in [0.25, 0.3) is 10.6 Å². The molecule has 0 spiro atoms. The monoisotopic (exact) mass is 288 g/mol. The maximum atomic E-state index is 11.5. The van der Waals surface area contributed by atoms with Gasteiger partial charge >= 0.3 is 5.97 Å². The largest absolute Gasteiger partial charge is 0.477 e. The molecule has 0 unspecified atom stereocenters. The molecule has 1 aromatic carbocycles. The first-order valence-electron chi connectivity index (χ1n) is 6.80. The van der Waals surface area contributed by atoms with Gasteiger partial charge in [0.1, 0.15) is 5.01 Å². The molecule has 0 aliphatic carbocycles. The Morgan fingerprint density at radius 1 is 1.15 bits per heavy atom. The summed E-state index contributed by atoms with van der Waals surface area (Å²) in [5.41, 5.74) is 0.975. The van der Waals surface area contributed by atoms with Gasteiger partial charge in [0.2, 0.25) is 0 Å². The molecule has 1 N–H and O–H groups in total. The minimum Gasteiger partial charge on any atom is -0.477 e. The molecule has 5 heteroatoms. The molecule has 1 aliphatic rings. The first-order valence-corrected chi connectivity index (χ1v) is 7.62. The van der Waals surface area contributed by atoms with Crippen LogP contribution in [0.3, 0.4) is 0 Å². The van der Waals surface area contributed by atoms with Crippen LogP contribution in [-0.2, 0) is 0 Å². The molecule has 20 heavy (non-hydrogen) atoms. The first kappa shape index (κ1) is 13.1. The zero-order valence-electron chi connectivity index (χ0n) is 11.1. The van der Waals surface area contributed by atoms with Crippen molar-refractivity contribution in [2.24, 2.45) is 0 Å². The standard InChI is InChI=1S/C15H16N2O2S/c18-15(19)12-13(17-9-5-2-6-10-17)16-14(20-12)11-7-3-1-4-8-11/h1,3-4,7-8H,2,5-6,9-10H2,(H,18,19). The minimum atomic E-state index is -0.884. The van der Waals surface area contributed by atoms with Crippen molar-refractivity contribution < 1.29 is 9.90 Å². The lowest BCUT2D eigenvalue weighted by atomic mass is 10.1. The van der Waals surface area contributed by atoms with Crippen LogP contribution in [0.15, 0.2) is 30.3 Å². The molecule has 1 saturated heterocycles. The molecule has 4 nitrogen and oxygen atoms in total. The van der Waals surface area contributed by atoms with Crippen LogP contribution < -0.4 is 4.90 Å². The number of nitrogens with zero attached hydrogens (tertiary/aromatic N) is 2. The number of aromatic carboxylic acids is 1. The van der Waals surface area contributed by atoms with Gasteiger partial charge in [-0.2, -0.15) is 0 Å². The van der Waals surface area contributed by atoms with Crippen molar-refractivity contribution in [3.8, 4) is 10.6 Å². The molecule has 3 rings (SSSR count). The Kier molecular flexibility index (Phi) is 3.69. The molecule has 1 aliphatic heterocycles. The zero-order valence-corrected chi connectivity index (χ0v) is 11.9. The van der Waals surface area contributed by atoms with Gasteiger partial charge in [-0.1, -0.05) is 30.3 Å². The van der Waals surface area contributed by atoms with E-state index in [9.17, 15) is 9.90 Å². The number of aromatic nitrogens is 1. The topological polar surface area (TPSA) is 53.4 Å². The maximum absolute atomic E-state index is 11.5. The van der Waals surface area contributed by atoms with Gasteiger partial charge in [0.05, 0.1) is 0 Å². The Balaban J connectivity index is 2.00. The van der Waals surface area contributed by atoms with Crippen LogP contribution in [-0.4, -0.2) is 29.1 Å². The lowest BCUT2D eigenvalue weighted by Crippen LogP contribution is -2.30. The Bertz CT molecular complexity index is 604. The number of carboxylic acids is 1. The first-order chi connectivity index (χ1) is 9.75. The summed E-state index contributed by atoms with van der Waals surface area (Å²) < 4.78 is 0. The van der Waals surface area contributed by atoms with Gasteiger partial charge in [0, 0.05) is 18.7 Å². The third kappa shape index (κ3) is 2.54. The second kappa shape index (κ2) is 5.63. The molecule has 0 amide bonds. The van der Waals surface area contributed by atoms with Crippen LogP contribution in [0.4, 0.5) is 5.82 Å². The molecule has 0 atom stereocenters. The highest BCUT2D eigenvalue weighted by atomic mass is 32.1. The molecule has 0 saturated carbocycles. The Morgan fingerprint density at radius 3 is 2.50 bits per heavy atom. The molecular weight excluding hydrogens is 272 g/mol. The highest BCUT2D eigenvalue weighted by molar-refractivity contribution is 7.17. The fourth-order valence-corrected chi connectivity index (χ4v) is 3.41. The van der Waals surface area contributed by atoms with E-state index in [0.717, 1.165) is 36.5 Å². The molecule has 0 radical (unpaired) electrons. The second-order valence-electron chi connectivity index (χ2n) is 4.89. The van der Waals surface area contributed by atoms with Crippen LogP contribution in [0.2, 0.25) is 0 Å². The van der Waals surface area contributed by atoms with E-state index in [1.807, 2.05) is 30.3 Å². The lowest BCUT2D eigenvalue weighted by molar-refractivity contribution is 0.0702. The van der Waals surface area contributed by atoms with Crippen LogP contribution in [0, 0.1) is 0 Å². The fourth-order valence-electron chi connectivity index (χ4n) is 2.48. The third-order valence-corrected chi connectivity index (χ3v) is 4.56. The van der Waals surface area contributed by atoms with E-state index in [4.69, 9.17) is 0 Å². The van der Waals surface area contributed by atoms with Gasteiger partial charge in [-0.05, 0) is 19.3 Å². The van der Waals surface area contributed by atoms with E-state index in [2.05, 4.69) is 9.88 Å². The third-order valence-electron chi connectivity index (χ3n) is 3.48. The van der Waals surface area contributed by atoms with E-state index < -0.39 is 5.97 Å². The number of carboxylic acid groups (broad SMARTS) is 1. The lowest BCUT2D eigenvalue weighted by Gasteiger charge is -2.27. The van der Waals surface area contributed by atoms with E-state index >= 15 is 0 Å². The minimum absolute atomic E-state index is 0.353. The molecule has 0 bridgehead atoms. The Labute approximate surface area is 121 Å². The molecule has 1 aromatic heterocycles. The highest BCUT2D eigenvalue weighted by Gasteiger charge is 2.23. The van der Waals surface area contributed by atoms with Gasteiger partial charge in [-0.15, -0.1) is 11.3 Å². The number of rotatable bonds is 3. The van der Waals surface area contributed by atoms with Crippen LogP contribution >= 0.6 is 11.3 Å². The number of carbonyl (C=O) groups is 1. The van der Waals surface area contributed by atoms with Crippen molar-refractivity contribution in [3.63, 3.8) is 0 Å². The average molecular weight is 288 g/mol. The average Bonchev–Trinajstić information content (AvgIpc) is 2.94. The van der Waals surface area contributed by atoms with E-state index in [0.29, 0.717) is 10.7 Å². The predicted molar refractivity (Wildman–Crippen MR) is 80.6 cm³/mol. The summed E-state index contributed by atoms with van der Waals surface area (Å²) in [5, 5.41) is 10.2. The van der Waals surface area contributed by atoms with Crippen molar-refractivity contribution in [1.82, 2.24) is 4.98 Å². The number of benzene rings is 1. The molecule has 2 aromatic rings. The number of thiazole rings is 1. The van der Waals surface area contributed by atoms with Crippen molar-refractivity contribution in [3.05, 3.63) is 35.2 Å². The van der Waals surface area contributed by atoms with E-state index in [-0.39, 0.29) is 0 Å². The van der Waals surface area contributed by atoms with Crippen LogP contribution in [0.1, 0.15) is 28.9 Å². The second-order valence-corrected chi connectivity index (χ2v) is 5.89. The summed E-state index contributed by atoms with van der Waals surface area (Å²) in [7, 11) is 0. The highest BCUT2D eigenvalue weighted by Crippen LogP contribution is 2.34. The molecule has 2 heterocycles. The van der Waals surface area contributed by atoms with E-state index in [1.54, 1.807) is 0 Å². The molecular formula is C15H16N2O2S. The number of piperidine rings is 1. The van der Waals surface area contributed by atoms with Gasteiger partial charge in [0.15, 0.2) is 10.7 Å². The summed E-state index contributed by atoms with van der Waals surface area (Å²) in [6.45, 7) is 1.80. The summed E-state index contributed by atoms with van der Waals surface area (Å²) >= 11 is 1.26. The zero-order chi connectivity index (χ0) is 13.9. The van der Waals surface area contributed by atoms with Crippen molar-refractivity contribution in [1.29, 1.82) is 0 Å². The number of hydrogen-bond acceptors (Lipinski definition) is 4. The number of anilines is 1. The van der Waals surface area contributed by atoms with Gasteiger partial charge in [-0.3, -0.25) is 0 Å². The van der Waals surface area contributed by atoms with Gasteiger partial charge < -0.3 is 10.0 Å². The van der Waals surface area contributed by atoms with Crippen molar-refractivity contribution in [2.75, 3.05) is 18.0 Å². The SMILES string of the molecule is O=C(O)c1sc(-c2ccccc2)nc1N1CCCCC1. The van der Waals surface area contributed by atoms with Crippen molar-refractivity contribution in [2.45, 2.75) is 19.3 Å². The quantitative estimate of drug-likeness (QED) is 0.939. The van der Waals surface area contributed by atoms with Crippen LogP contribution in [0.5, 0.6) is 0 Å². The summed E-state index contributed by atoms with van der Waals surface area (Å²) in [6, 6.07) is 9.76.